The van der Waals surface area contributed by atoms with Crippen LogP contribution in [0.25, 0.3) is 0 Å². The molecule has 0 spiro atoms. The number of fused-ring (bicyclic) bond motifs is 1. The molecule has 2 aliphatic heterocycles. The fourth-order valence-electron chi connectivity index (χ4n) is 3.73. The van der Waals surface area contributed by atoms with Crippen LogP contribution in [0.3, 0.4) is 0 Å². The summed E-state index contributed by atoms with van der Waals surface area (Å²) in [5.74, 6) is 0. The van der Waals surface area contributed by atoms with Gasteiger partial charge < -0.3 is 9.31 Å². The zero-order chi connectivity index (χ0) is 17.3. The van der Waals surface area contributed by atoms with Crippen molar-refractivity contribution >= 4 is 39.1 Å². The maximum absolute atomic E-state index is 6.27. The summed E-state index contributed by atoms with van der Waals surface area (Å²) in [4.78, 5) is 0. The van der Waals surface area contributed by atoms with E-state index in [1.165, 1.54) is 17.6 Å². The predicted molar refractivity (Wildman–Crippen MR) is 106 cm³/mol. The Morgan fingerprint density at radius 2 is 1.30 bits per heavy atom. The molecule has 0 unspecified atom stereocenters. The van der Waals surface area contributed by atoms with Crippen molar-refractivity contribution in [2.24, 2.45) is 0 Å². The van der Waals surface area contributed by atoms with Crippen LogP contribution in [0.15, 0.2) is 18.2 Å². The molecule has 5 heteroatoms. The van der Waals surface area contributed by atoms with E-state index in [9.17, 15) is 0 Å². The monoisotopic (exact) mass is 346 g/mol. The van der Waals surface area contributed by atoms with Gasteiger partial charge in [0, 0.05) is 0 Å². The van der Waals surface area contributed by atoms with Crippen LogP contribution in [-0.2, 0) is 9.31 Å². The van der Waals surface area contributed by atoms with E-state index >= 15 is 0 Å². The van der Waals surface area contributed by atoms with E-state index in [2.05, 4.69) is 72.1 Å². The van der Waals surface area contributed by atoms with Gasteiger partial charge in [-0.1, -0.05) is 66.8 Å². The maximum atomic E-state index is 6.27. The lowest BCUT2D eigenvalue weighted by molar-refractivity contribution is 0.00578. The summed E-state index contributed by atoms with van der Waals surface area (Å²) < 4.78 is 12.5. The molecule has 23 heavy (non-hydrogen) atoms. The Morgan fingerprint density at radius 1 is 0.826 bits per heavy atom. The highest BCUT2D eigenvalue weighted by molar-refractivity contribution is 7.03. The minimum Gasteiger partial charge on any atom is -0.399 e. The first-order chi connectivity index (χ1) is 10.4. The summed E-state index contributed by atoms with van der Waals surface area (Å²) in [5, 5.41) is 3.34. The van der Waals surface area contributed by atoms with Crippen LogP contribution < -0.4 is 15.8 Å². The highest BCUT2D eigenvalue weighted by atomic mass is 28.3. The highest BCUT2D eigenvalue weighted by Gasteiger charge is 2.52. The van der Waals surface area contributed by atoms with Gasteiger partial charge in [-0.3, -0.25) is 0 Å². The van der Waals surface area contributed by atoms with Crippen LogP contribution in [0.5, 0.6) is 0 Å². The van der Waals surface area contributed by atoms with Crippen LogP contribution in [0.4, 0.5) is 0 Å². The minimum atomic E-state index is -1.33. The van der Waals surface area contributed by atoms with E-state index in [1.807, 2.05) is 0 Å². The molecule has 0 aromatic heterocycles. The quantitative estimate of drug-likeness (QED) is 0.728. The fourth-order valence-corrected chi connectivity index (χ4v) is 14.0. The molecular weight excluding hydrogens is 315 g/mol. The molecule has 1 fully saturated rings. The molecule has 0 N–H and O–H groups in total. The molecule has 2 heterocycles. The van der Waals surface area contributed by atoms with Gasteiger partial charge in [-0.05, 0) is 33.2 Å². The van der Waals surface area contributed by atoms with Gasteiger partial charge in [0.25, 0.3) is 0 Å². The van der Waals surface area contributed by atoms with Crippen molar-refractivity contribution in [3.05, 3.63) is 18.2 Å². The van der Waals surface area contributed by atoms with Gasteiger partial charge in [0.15, 0.2) is 0 Å². The second-order valence-corrected chi connectivity index (χ2v) is 19.3. The third-order valence-electron chi connectivity index (χ3n) is 6.40. The normalized spacial score (nSPS) is 26.9. The van der Waals surface area contributed by atoms with Crippen LogP contribution in [0.2, 0.25) is 38.3 Å². The van der Waals surface area contributed by atoms with Gasteiger partial charge in [-0.15, -0.1) is 0 Å². The van der Waals surface area contributed by atoms with Gasteiger partial charge in [-0.2, -0.15) is 0 Å². The van der Waals surface area contributed by atoms with Gasteiger partial charge in [0.1, 0.15) is 0 Å². The summed E-state index contributed by atoms with van der Waals surface area (Å²) in [6, 6.07) is 9.94. The molecular formula is C18H31BO2Si2. The number of rotatable bonds is 1. The van der Waals surface area contributed by atoms with E-state index in [-0.39, 0.29) is 18.3 Å². The Hall–Kier alpha value is -0.361. The first-order valence-electron chi connectivity index (χ1n) is 8.86. The van der Waals surface area contributed by atoms with Crippen molar-refractivity contribution in [3.63, 3.8) is 0 Å². The van der Waals surface area contributed by atoms with E-state index in [0.29, 0.717) is 0 Å². The summed E-state index contributed by atoms with van der Waals surface area (Å²) in [7, 11) is -2.83. The topological polar surface area (TPSA) is 18.5 Å². The second kappa shape index (κ2) is 5.07. The molecule has 0 atom stereocenters. The van der Waals surface area contributed by atoms with Crippen LogP contribution >= 0.6 is 0 Å². The molecule has 1 aromatic carbocycles. The Balaban J connectivity index is 2.02. The molecule has 0 amide bonds. The molecule has 0 aliphatic carbocycles. The van der Waals surface area contributed by atoms with Crippen molar-refractivity contribution in [1.29, 1.82) is 0 Å². The van der Waals surface area contributed by atoms with E-state index in [4.69, 9.17) is 9.31 Å². The van der Waals surface area contributed by atoms with Crippen molar-refractivity contribution in [2.75, 3.05) is 0 Å². The van der Waals surface area contributed by atoms with E-state index in [0.717, 1.165) is 0 Å². The fraction of sp³-hybridized carbons (Fsp3) is 0.667. The Labute approximate surface area is 144 Å². The molecule has 0 bridgehead atoms. The first-order valence-corrected chi connectivity index (χ1v) is 15.3. The SMILES string of the molecule is CC1(C)OB(c2ccc3c(c2)[Si](C)(C)CC[Si]3(C)C)OC1(C)C. The molecule has 126 valence electrons. The van der Waals surface area contributed by atoms with Crippen LogP contribution in [0.1, 0.15) is 27.7 Å². The van der Waals surface area contributed by atoms with Gasteiger partial charge in [0.05, 0.1) is 27.3 Å². The highest BCUT2D eigenvalue weighted by Crippen LogP contribution is 2.36. The number of hydrogen-bond donors (Lipinski definition) is 0. The number of benzene rings is 1. The van der Waals surface area contributed by atoms with Gasteiger partial charge in [-0.25, -0.2) is 0 Å². The Bertz CT molecular complexity index is 622. The van der Waals surface area contributed by atoms with E-state index < -0.39 is 16.1 Å². The third kappa shape index (κ3) is 2.80. The van der Waals surface area contributed by atoms with Gasteiger partial charge >= 0.3 is 7.12 Å². The summed E-state index contributed by atoms with van der Waals surface area (Å²) in [6.07, 6.45) is 0. The zero-order valence-corrected chi connectivity index (χ0v) is 18.0. The molecule has 0 saturated carbocycles. The van der Waals surface area contributed by atoms with Crippen LogP contribution in [0, 0.1) is 0 Å². The Morgan fingerprint density at radius 3 is 1.83 bits per heavy atom. The Kier molecular flexibility index (Phi) is 3.85. The average molecular weight is 346 g/mol. The summed E-state index contributed by atoms with van der Waals surface area (Å²) >= 11 is 0. The lowest BCUT2D eigenvalue weighted by atomic mass is 9.79. The molecule has 0 radical (unpaired) electrons. The predicted octanol–water partition coefficient (Wildman–Crippen LogP) is 2.83. The van der Waals surface area contributed by atoms with Crippen LogP contribution in [-0.4, -0.2) is 34.5 Å². The largest absolute Gasteiger partial charge is 0.494 e. The molecule has 1 saturated heterocycles. The van der Waals surface area contributed by atoms with E-state index in [1.54, 1.807) is 10.4 Å². The lowest BCUT2D eigenvalue weighted by Crippen LogP contribution is -2.64. The summed E-state index contributed by atoms with van der Waals surface area (Å²) in [5.41, 5.74) is 0.665. The van der Waals surface area contributed by atoms with Crippen molar-refractivity contribution in [2.45, 2.75) is 77.2 Å². The summed E-state index contributed by atoms with van der Waals surface area (Å²) in [6.45, 7) is 18.6. The van der Waals surface area contributed by atoms with Crippen molar-refractivity contribution < 1.29 is 9.31 Å². The molecule has 1 aromatic rings. The maximum Gasteiger partial charge on any atom is 0.494 e. The molecule has 2 aliphatic rings. The van der Waals surface area contributed by atoms with Crippen molar-refractivity contribution in [3.8, 4) is 0 Å². The molecule has 3 rings (SSSR count). The standard InChI is InChI=1S/C18H31BO2Si2/c1-17(2)18(3,4)21-19(20-17)14-9-10-15-16(13-14)23(7,8)12-11-22(15,5)6/h9-10,13H,11-12H2,1-8H3. The smallest absolute Gasteiger partial charge is 0.399 e. The third-order valence-corrected chi connectivity index (χ3v) is 13.9. The minimum absolute atomic E-state index is 0.234. The van der Waals surface area contributed by atoms with Gasteiger partial charge in [0.2, 0.25) is 0 Å². The number of hydrogen-bond acceptors (Lipinski definition) is 2. The lowest BCUT2D eigenvalue weighted by Gasteiger charge is -2.40. The zero-order valence-electron chi connectivity index (χ0n) is 16.0. The van der Waals surface area contributed by atoms with Crippen molar-refractivity contribution in [1.82, 2.24) is 0 Å². The second-order valence-electron chi connectivity index (χ2n) is 9.66. The molecule has 2 nitrogen and oxygen atoms in total. The first kappa shape index (κ1) is 17.5. The average Bonchev–Trinajstić information content (AvgIpc) is 2.64.